The molecule has 100 valence electrons. The number of nitrogens with two attached hydrogens (primary N) is 1. The lowest BCUT2D eigenvalue weighted by Crippen LogP contribution is -1.93. The average molecular weight is 282 g/mol. The number of nitriles is 1. The number of ether oxygens (including phenoxy) is 1. The molecule has 0 bridgehead atoms. The zero-order chi connectivity index (χ0) is 14.2. The van der Waals surface area contributed by atoms with Crippen LogP contribution in [0.25, 0.3) is 0 Å². The molecule has 0 saturated heterocycles. The van der Waals surface area contributed by atoms with Crippen LogP contribution in [-0.2, 0) is 13.0 Å². The van der Waals surface area contributed by atoms with Crippen molar-refractivity contribution in [3.05, 3.63) is 51.7 Å². The van der Waals surface area contributed by atoms with Crippen LogP contribution in [0.1, 0.15) is 16.0 Å². The SMILES string of the molecule is N#CCc1ccc(OCc2cc(C#CCN)cs2)cc1. The van der Waals surface area contributed by atoms with Crippen molar-refractivity contribution in [1.82, 2.24) is 0 Å². The summed E-state index contributed by atoms with van der Waals surface area (Å²) >= 11 is 1.62. The standard InChI is InChI=1S/C16H14N2OS/c17-8-1-2-14-10-16(20-12-14)11-19-15-5-3-13(4-6-15)7-9-18/h3-6,10,12H,7-8,11,17H2. The molecule has 20 heavy (non-hydrogen) atoms. The van der Waals surface area contributed by atoms with E-state index in [1.807, 2.05) is 35.7 Å². The van der Waals surface area contributed by atoms with E-state index in [1.54, 1.807) is 11.3 Å². The van der Waals surface area contributed by atoms with Gasteiger partial charge in [-0.15, -0.1) is 11.3 Å². The molecule has 0 spiro atoms. The smallest absolute Gasteiger partial charge is 0.122 e. The fourth-order valence-electron chi connectivity index (χ4n) is 1.62. The Morgan fingerprint density at radius 2 is 2.05 bits per heavy atom. The van der Waals surface area contributed by atoms with Crippen molar-refractivity contribution < 1.29 is 4.74 Å². The van der Waals surface area contributed by atoms with Crippen LogP contribution in [0.4, 0.5) is 0 Å². The van der Waals surface area contributed by atoms with Crippen LogP contribution in [0.3, 0.4) is 0 Å². The van der Waals surface area contributed by atoms with Gasteiger partial charge in [0.2, 0.25) is 0 Å². The molecule has 0 atom stereocenters. The highest BCUT2D eigenvalue weighted by Crippen LogP contribution is 2.18. The normalized spacial score (nSPS) is 9.40. The monoisotopic (exact) mass is 282 g/mol. The number of hydrogen-bond acceptors (Lipinski definition) is 4. The molecule has 0 aliphatic carbocycles. The number of thiophene rings is 1. The van der Waals surface area contributed by atoms with Gasteiger partial charge in [-0.2, -0.15) is 5.26 Å². The molecule has 2 N–H and O–H groups in total. The fraction of sp³-hybridized carbons (Fsp3) is 0.188. The predicted molar refractivity (Wildman–Crippen MR) is 80.3 cm³/mol. The second kappa shape index (κ2) is 7.35. The summed E-state index contributed by atoms with van der Waals surface area (Å²) in [6.45, 7) is 0.892. The Kier molecular flexibility index (Phi) is 5.20. The second-order valence-corrected chi connectivity index (χ2v) is 5.07. The fourth-order valence-corrected chi connectivity index (χ4v) is 2.35. The molecule has 0 fully saturated rings. The maximum atomic E-state index is 8.61. The molecule has 1 aromatic heterocycles. The summed E-state index contributed by atoms with van der Waals surface area (Å²) < 4.78 is 5.70. The van der Waals surface area contributed by atoms with Crippen molar-refractivity contribution in [3.63, 3.8) is 0 Å². The van der Waals surface area contributed by atoms with Gasteiger partial charge >= 0.3 is 0 Å². The lowest BCUT2D eigenvalue weighted by atomic mass is 10.2. The summed E-state index contributed by atoms with van der Waals surface area (Å²) in [6.07, 6.45) is 0.425. The van der Waals surface area contributed by atoms with E-state index in [9.17, 15) is 0 Å². The van der Waals surface area contributed by atoms with Crippen molar-refractivity contribution in [2.45, 2.75) is 13.0 Å². The molecule has 0 saturated carbocycles. The molecule has 3 nitrogen and oxygen atoms in total. The van der Waals surface area contributed by atoms with Crippen LogP contribution in [0.15, 0.2) is 35.7 Å². The average Bonchev–Trinajstić information content (AvgIpc) is 2.93. The van der Waals surface area contributed by atoms with Crippen molar-refractivity contribution in [3.8, 4) is 23.7 Å². The molecule has 0 aliphatic rings. The Labute approximate surface area is 122 Å². The first-order chi connectivity index (χ1) is 9.81. The summed E-state index contributed by atoms with van der Waals surface area (Å²) in [7, 11) is 0. The molecule has 2 aromatic rings. The van der Waals surface area contributed by atoms with Gasteiger partial charge in [-0.3, -0.25) is 0 Å². The lowest BCUT2D eigenvalue weighted by molar-refractivity contribution is 0.310. The first-order valence-corrected chi connectivity index (χ1v) is 7.05. The van der Waals surface area contributed by atoms with Gasteiger partial charge in [0.15, 0.2) is 0 Å². The summed E-state index contributed by atoms with van der Waals surface area (Å²) in [6, 6.07) is 11.7. The van der Waals surface area contributed by atoms with E-state index in [0.29, 0.717) is 19.6 Å². The Hall–Kier alpha value is -2.27. The van der Waals surface area contributed by atoms with Gasteiger partial charge in [0.25, 0.3) is 0 Å². The van der Waals surface area contributed by atoms with Crippen molar-refractivity contribution in [1.29, 1.82) is 5.26 Å². The van der Waals surface area contributed by atoms with Gasteiger partial charge in [-0.1, -0.05) is 24.0 Å². The molecule has 0 unspecified atom stereocenters. The molecular weight excluding hydrogens is 268 g/mol. The van der Waals surface area contributed by atoms with E-state index in [-0.39, 0.29) is 0 Å². The Balaban J connectivity index is 1.91. The molecule has 0 radical (unpaired) electrons. The minimum atomic E-state index is 0.372. The number of rotatable bonds is 4. The van der Waals surface area contributed by atoms with Gasteiger partial charge in [-0.05, 0) is 23.8 Å². The van der Waals surface area contributed by atoms with Gasteiger partial charge < -0.3 is 10.5 Å². The topological polar surface area (TPSA) is 59.0 Å². The van der Waals surface area contributed by atoms with E-state index in [1.165, 1.54) is 0 Å². The van der Waals surface area contributed by atoms with Crippen molar-refractivity contribution in [2.24, 2.45) is 5.73 Å². The first-order valence-electron chi connectivity index (χ1n) is 6.17. The van der Waals surface area contributed by atoms with Gasteiger partial charge in [0, 0.05) is 15.8 Å². The largest absolute Gasteiger partial charge is 0.488 e. The summed E-state index contributed by atoms with van der Waals surface area (Å²) in [5.41, 5.74) is 7.31. The third kappa shape index (κ3) is 4.13. The van der Waals surface area contributed by atoms with Crippen molar-refractivity contribution in [2.75, 3.05) is 6.54 Å². The molecule has 0 amide bonds. The van der Waals surface area contributed by atoms with Crippen LogP contribution < -0.4 is 10.5 Å². The molecule has 0 aliphatic heterocycles. The maximum Gasteiger partial charge on any atom is 0.122 e. The van der Waals surface area contributed by atoms with E-state index in [4.69, 9.17) is 15.7 Å². The van der Waals surface area contributed by atoms with Crippen LogP contribution in [0.5, 0.6) is 5.75 Å². The van der Waals surface area contributed by atoms with Crippen LogP contribution in [-0.4, -0.2) is 6.54 Å². The van der Waals surface area contributed by atoms with E-state index in [0.717, 1.165) is 21.8 Å². The number of benzene rings is 1. The highest BCUT2D eigenvalue weighted by atomic mass is 32.1. The molecule has 1 aromatic carbocycles. The highest BCUT2D eigenvalue weighted by Gasteiger charge is 2.00. The summed E-state index contributed by atoms with van der Waals surface area (Å²) in [5.74, 6) is 6.62. The van der Waals surface area contributed by atoms with Crippen molar-refractivity contribution >= 4 is 11.3 Å². The first kappa shape index (κ1) is 14.1. The third-order valence-electron chi connectivity index (χ3n) is 2.58. The zero-order valence-corrected chi connectivity index (χ0v) is 11.7. The van der Waals surface area contributed by atoms with Gasteiger partial charge in [0.1, 0.15) is 12.4 Å². The second-order valence-electron chi connectivity index (χ2n) is 4.08. The summed E-state index contributed by atoms with van der Waals surface area (Å²) in [5, 5.41) is 10.6. The van der Waals surface area contributed by atoms with Crippen LogP contribution in [0.2, 0.25) is 0 Å². The van der Waals surface area contributed by atoms with Gasteiger partial charge in [-0.25, -0.2) is 0 Å². The lowest BCUT2D eigenvalue weighted by Gasteiger charge is -2.04. The number of hydrogen-bond donors (Lipinski definition) is 1. The predicted octanol–water partition coefficient (Wildman–Crippen LogP) is 2.70. The van der Waals surface area contributed by atoms with E-state index >= 15 is 0 Å². The zero-order valence-electron chi connectivity index (χ0n) is 10.9. The van der Waals surface area contributed by atoms with Crippen LogP contribution in [0, 0.1) is 23.2 Å². The van der Waals surface area contributed by atoms with E-state index < -0.39 is 0 Å². The quantitative estimate of drug-likeness (QED) is 0.877. The molecule has 4 heteroatoms. The molecule has 2 rings (SSSR count). The van der Waals surface area contributed by atoms with Crippen LogP contribution >= 0.6 is 11.3 Å². The Bertz CT molecular complexity index is 656. The third-order valence-corrected chi connectivity index (χ3v) is 3.49. The molecule has 1 heterocycles. The minimum absolute atomic E-state index is 0.372. The summed E-state index contributed by atoms with van der Waals surface area (Å²) in [4.78, 5) is 1.12. The highest BCUT2D eigenvalue weighted by molar-refractivity contribution is 7.10. The van der Waals surface area contributed by atoms with Gasteiger partial charge in [0.05, 0.1) is 19.0 Å². The molecular formula is C16H14N2OS. The number of nitrogens with zero attached hydrogens (tertiary/aromatic N) is 1. The minimum Gasteiger partial charge on any atom is -0.488 e. The maximum absolute atomic E-state index is 8.61. The van der Waals surface area contributed by atoms with E-state index in [2.05, 4.69) is 17.9 Å². The Morgan fingerprint density at radius 3 is 2.75 bits per heavy atom. The Morgan fingerprint density at radius 1 is 1.25 bits per heavy atom.